The molecule has 1 aliphatic heterocycles. The van der Waals surface area contributed by atoms with Crippen LogP contribution in [-0.4, -0.2) is 39.4 Å². The Balaban J connectivity index is 1.74. The van der Waals surface area contributed by atoms with Gasteiger partial charge in [0.25, 0.3) is 0 Å². The van der Waals surface area contributed by atoms with Gasteiger partial charge in [0.05, 0.1) is 24.9 Å². The van der Waals surface area contributed by atoms with Crippen LogP contribution in [0.5, 0.6) is 0 Å². The summed E-state index contributed by atoms with van der Waals surface area (Å²) in [5.74, 6) is 0.261. The number of nitrogens with one attached hydrogen (secondary N) is 3. The summed E-state index contributed by atoms with van der Waals surface area (Å²) in [6.07, 6.45) is 5.76. The molecule has 7 heteroatoms. The van der Waals surface area contributed by atoms with E-state index in [0.29, 0.717) is 37.0 Å². The monoisotopic (exact) mass is 315 g/mol. The lowest BCUT2D eigenvalue weighted by Gasteiger charge is -2.22. The molecule has 2 aromatic heterocycles. The largest absolute Gasteiger partial charge is 0.347 e. The maximum absolute atomic E-state index is 8.76. The minimum Gasteiger partial charge on any atom is -0.347 e. The first kappa shape index (κ1) is 14.6. The fraction of sp³-hybridized carbons (Fsp3) is 0.562. The number of nitrogens with zero attached hydrogens (tertiary/aromatic N) is 2. The van der Waals surface area contributed by atoms with E-state index in [1.165, 1.54) is 6.20 Å². The molecule has 3 N–H and O–H groups in total. The van der Waals surface area contributed by atoms with Gasteiger partial charge in [-0.15, -0.1) is 0 Å². The lowest BCUT2D eigenvalue weighted by atomic mass is 9.92. The van der Waals surface area contributed by atoms with Crippen molar-refractivity contribution in [2.45, 2.75) is 32.0 Å². The minimum absolute atomic E-state index is 0.0210. The summed E-state index contributed by atoms with van der Waals surface area (Å²) in [4.78, 5) is 7.26. The predicted molar refractivity (Wildman–Crippen MR) is 84.2 cm³/mol. The van der Waals surface area contributed by atoms with Crippen LogP contribution in [-0.2, 0) is 9.47 Å². The van der Waals surface area contributed by atoms with Crippen molar-refractivity contribution in [1.29, 1.82) is 10.8 Å². The van der Waals surface area contributed by atoms with E-state index >= 15 is 0 Å². The second-order valence-electron chi connectivity index (χ2n) is 6.37. The van der Waals surface area contributed by atoms with Crippen LogP contribution in [0.4, 0.5) is 0 Å². The molecule has 7 nitrogen and oxygen atoms in total. The maximum Gasteiger partial charge on any atom is 0.169 e. The van der Waals surface area contributed by atoms with Gasteiger partial charge in [-0.2, -0.15) is 0 Å². The third-order valence-electron chi connectivity index (χ3n) is 5.10. The van der Waals surface area contributed by atoms with E-state index in [2.05, 4.69) is 16.9 Å². The van der Waals surface area contributed by atoms with Gasteiger partial charge in [0.15, 0.2) is 11.4 Å². The molecule has 1 saturated heterocycles. The molecule has 1 spiro atoms. The summed E-state index contributed by atoms with van der Waals surface area (Å²) >= 11 is 0. The van der Waals surface area contributed by atoms with E-state index < -0.39 is 5.79 Å². The summed E-state index contributed by atoms with van der Waals surface area (Å²) in [6.45, 7) is 3.40. The quantitative estimate of drug-likeness (QED) is 0.582. The van der Waals surface area contributed by atoms with E-state index in [4.69, 9.17) is 20.3 Å². The second kappa shape index (κ2) is 5.28. The number of ether oxygens (including phenoxy) is 2. The maximum atomic E-state index is 8.76. The average molecular weight is 315 g/mol. The molecule has 2 unspecified atom stereocenters. The summed E-state index contributed by atoms with van der Waals surface area (Å²) in [5.41, 5.74) is 1.69. The van der Waals surface area contributed by atoms with E-state index in [0.717, 1.165) is 18.4 Å². The van der Waals surface area contributed by atoms with Crippen LogP contribution >= 0.6 is 0 Å². The Morgan fingerprint density at radius 3 is 2.96 bits per heavy atom. The van der Waals surface area contributed by atoms with Crippen LogP contribution < -0.4 is 5.49 Å². The first-order valence-electron chi connectivity index (χ1n) is 8.10. The van der Waals surface area contributed by atoms with Gasteiger partial charge < -0.3 is 14.5 Å². The van der Waals surface area contributed by atoms with Crippen LogP contribution in [0.15, 0.2) is 18.5 Å². The van der Waals surface area contributed by atoms with Crippen LogP contribution in [0.2, 0.25) is 0 Å². The van der Waals surface area contributed by atoms with Crippen LogP contribution in [0.25, 0.3) is 11.2 Å². The van der Waals surface area contributed by atoms with Gasteiger partial charge in [0.2, 0.25) is 0 Å². The third-order valence-corrected chi connectivity index (χ3v) is 5.10. The van der Waals surface area contributed by atoms with Gasteiger partial charge in [-0.3, -0.25) is 15.4 Å². The fourth-order valence-electron chi connectivity index (χ4n) is 3.98. The topological polar surface area (TPSA) is 99.8 Å². The van der Waals surface area contributed by atoms with Crippen molar-refractivity contribution in [3.05, 3.63) is 23.9 Å². The van der Waals surface area contributed by atoms with Gasteiger partial charge >= 0.3 is 0 Å². The highest BCUT2D eigenvalue weighted by Gasteiger charge is 2.50. The zero-order valence-electron chi connectivity index (χ0n) is 13.1. The molecule has 0 radical (unpaired) electrons. The molecule has 4 rings (SSSR count). The lowest BCUT2D eigenvalue weighted by molar-refractivity contribution is -0.153. The number of hydrogen-bond donors (Lipinski definition) is 3. The first-order chi connectivity index (χ1) is 11.1. The number of fused-ring (bicyclic) bond motifs is 1. The molecule has 2 fully saturated rings. The summed E-state index contributed by atoms with van der Waals surface area (Å²) in [6, 6.07) is 1.86. The van der Waals surface area contributed by atoms with Crippen molar-refractivity contribution in [2.75, 3.05) is 13.2 Å². The number of aromatic amines is 1. The van der Waals surface area contributed by atoms with Gasteiger partial charge in [-0.1, -0.05) is 13.3 Å². The molecule has 2 aromatic rings. The molecule has 1 aliphatic carbocycles. The van der Waals surface area contributed by atoms with Gasteiger partial charge in [-0.05, 0) is 12.0 Å². The molecule has 0 bridgehead atoms. The van der Waals surface area contributed by atoms with Crippen LogP contribution in [0.3, 0.4) is 0 Å². The fourth-order valence-corrected chi connectivity index (χ4v) is 3.98. The summed E-state index contributed by atoms with van der Waals surface area (Å²) < 4.78 is 13.4. The minimum atomic E-state index is -0.523. The lowest BCUT2D eigenvalue weighted by Crippen LogP contribution is -2.34. The van der Waals surface area contributed by atoms with Crippen LogP contribution in [0.1, 0.15) is 26.2 Å². The predicted octanol–water partition coefficient (Wildman–Crippen LogP) is 1.85. The molecular weight excluding hydrogens is 294 g/mol. The normalized spacial score (nSPS) is 26.3. The summed E-state index contributed by atoms with van der Waals surface area (Å²) in [7, 11) is 0. The van der Waals surface area contributed by atoms with Crippen molar-refractivity contribution >= 4 is 17.0 Å². The van der Waals surface area contributed by atoms with E-state index in [-0.39, 0.29) is 11.4 Å². The molecule has 3 heterocycles. The molecule has 2 aliphatic rings. The average Bonchev–Trinajstić information content (AvgIpc) is 3.27. The molecule has 0 amide bonds. The summed E-state index contributed by atoms with van der Waals surface area (Å²) in [5, 5.41) is 17.0. The standard InChI is InChI=1S/C16H21N5O2/c1-2-10-7-16(22-5-6-23-16)8-11(10)14(18)21-12-3-4-19-15(12)20-9-13(21)17/h3-4,9-11,17-19H,2,5-8H2,1H3. The highest BCUT2D eigenvalue weighted by molar-refractivity contribution is 5.91. The Hall–Kier alpha value is -1.99. The molecule has 23 heavy (non-hydrogen) atoms. The molecule has 122 valence electrons. The van der Waals surface area contributed by atoms with Crippen molar-refractivity contribution in [3.8, 4) is 0 Å². The van der Waals surface area contributed by atoms with Crippen molar-refractivity contribution in [3.63, 3.8) is 0 Å². The molecular formula is C16H21N5O2. The molecule has 2 atom stereocenters. The smallest absolute Gasteiger partial charge is 0.169 e. The Labute approximate surface area is 133 Å². The Morgan fingerprint density at radius 2 is 2.22 bits per heavy atom. The van der Waals surface area contributed by atoms with E-state index in [1.807, 2.05) is 6.07 Å². The zero-order valence-corrected chi connectivity index (χ0v) is 13.1. The van der Waals surface area contributed by atoms with E-state index in [9.17, 15) is 0 Å². The molecule has 1 saturated carbocycles. The highest BCUT2D eigenvalue weighted by Crippen LogP contribution is 2.46. The number of rotatable bonds is 2. The second-order valence-corrected chi connectivity index (χ2v) is 6.37. The van der Waals surface area contributed by atoms with Gasteiger partial charge in [0.1, 0.15) is 11.3 Å². The van der Waals surface area contributed by atoms with Gasteiger partial charge in [-0.25, -0.2) is 4.98 Å². The Kier molecular flexibility index (Phi) is 3.35. The van der Waals surface area contributed by atoms with Crippen LogP contribution in [0, 0.1) is 22.7 Å². The zero-order chi connectivity index (χ0) is 16.0. The van der Waals surface area contributed by atoms with Crippen molar-refractivity contribution in [1.82, 2.24) is 14.5 Å². The Morgan fingerprint density at radius 1 is 1.43 bits per heavy atom. The highest BCUT2D eigenvalue weighted by atomic mass is 16.7. The number of aromatic nitrogens is 3. The Bertz CT molecular complexity index is 802. The number of H-pyrrole nitrogens is 1. The van der Waals surface area contributed by atoms with Gasteiger partial charge in [0, 0.05) is 25.0 Å². The van der Waals surface area contributed by atoms with Crippen molar-refractivity contribution in [2.24, 2.45) is 11.8 Å². The number of hydrogen-bond acceptors (Lipinski definition) is 5. The van der Waals surface area contributed by atoms with E-state index in [1.54, 1.807) is 10.8 Å². The van der Waals surface area contributed by atoms with Crippen molar-refractivity contribution < 1.29 is 9.47 Å². The molecule has 0 aromatic carbocycles. The third kappa shape index (κ3) is 2.22. The SMILES string of the molecule is CCC1CC2(CC1C(=N)n1c(=N)cnc3[nH]ccc31)OCCO2. The first-order valence-corrected chi connectivity index (χ1v) is 8.10.